The number of benzene rings is 1. The van der Waals surface area contributed by atoms with E-state index in [1.807, 2.05) is 12.1 Å². The Kier molecular flexibility index (Phi) is 3.68. The molecule has 0 radical (unpaired) electrons. The molecular formula is C14H21N3O. The van der Waals surface area contributed by atoms with Crippen molar-refractivity contribution in [1.82, 2.24) is 4.90 Å². The maximum Gasteiger partial charge on any atom is 0.243 e. The zero-order chi connectivity index (χ0) is 13.3. The largest absolute Gasteiger partial charge is 0.320 e. The van der Waals surface area contributed by atoms with Gasteiger partial charge < -0.3 is 15.5 Å². The number of nitrogens with two attached hydrogens (primary N) is 1. The van der Waals surface area contributed by atoms with Gasteiger partial charge in [0.05, 0.1) is 6.04 Å². The molecule has 18 heavy (non-hydrogen) atoms. The van der Waals surface area contributed by atoms with Crippen LogP contribution in [-0.2, 0) is 4.79 Å². The fourth-order valence-corrected chi connectivity index (χ4v) is 2.19. The quantitative estimate of drug-likeness (QED) is 0.877. The second-order valence-electron chi connectivity index (χ2n) is 5.12. The first-order chi connectivity index (χ1) is 8.50. The molecule has 1 amide bonds. The van der Waals surface area contributed by atoms with E-state index in [4.69, 9.17) is 5.73 Å². The van der Waals surface area contributed by atoms with Crippen molar-refractivity contribution in [2.45, 2.75) is 25.4 Å². The molecule has 0 aliphatic carbocycles. The summed E-state index contributed by atoms with van der Waals surface area (Å²) in [5.74, 6) is 0.0309. The summed E-state index contributed by atoms with van der Waals surface area (Å²) in [6.07, 6.45) is 0.745. The first-order valence-electron chi connectivity index (χ1n) is 6.34. The van der Waals surface area contributed by atoms with Crippen LogP contribution in [0.5, 0.6) is 0 Å². The Labute approximate surface area is 108 Å². The lowest BCUT2D eigenvalue weighted by atomic mass is 10.1. The average molecular weight is 247 g/mol. The Morgan fingerprint density at radius 1 is 1.33 bits per heavy atom. The molecule has 1 aliphatic heterocycles. The summed E-state index contributed by atoms with van der Waals surface area (Å²) in [5, 5.41) is 0. The number of rotatable bonds is 3. The first-order valence-corrected chi connectivity index (χ1v) is 6.34. The van der Waals surface area contributed by atoms with E-state index >= 15 is 0 Å². The summed E-state index contributed by atoms with van der Waals surface area (Å²) >= 11 is 0. The second kappa shape index (κ2) is 5.08. The fourth-order valence-electron chi connectivity index (χ4n) is 2.19. The van der Waals surface area contributed by atoms with E-state index in [1.165, 1.54) is 5.56 Å². The number of amides is 1. The third-order valence-corrected chi connectivity index (χ3v) is 3.71. The topological polar surface area (TPSA) is 49.6 Å². The minimum absolute atomic E-state index is 0.0309. The van der Waals surface area contributed by atoms with Crippen molar-refractivity contribution in [1.29, 1.82) is 0 Å². The Morgan fingerprint density at radius 2 is 1.94 bits per heavy atom. The zero-order valence-corrected chi connectivity index (χ0v) is 11.3. The standard InChI is InChI=1S/C14H21N3O/c1-10(16(2)3)11-4-6-12(7-5-11)17-9-8-13(15)14(17)18/h4-7,10,13H,8-9,15H2,1-3H3. The Hall–Kier alpha value is -1.39. The third kappa shape index (κ3) is 2.40. The monoisotopic (exact) mass is 247 g/mol. The summed E-state index contributed by atoms with van der Waals surface area (Å²) in [5.41, 5.74) is 7.92. The van der Waals surface area contributed by atoms with Crippen molar-refractivity contribution in [3.8, 4) is 0 Å². The normalized spacial score (nSPS) is 21.7. The molecule has 1 heterocycles. The molecule has 4 heteroatoms. The van der Waals surface area contributed by atoms with Crippen LogP contribution in [0.1, 0.15) is 24.9 Å². The van der Waals surface area contributed by atoms with Gasteiger partial charge in [-0.15, -0.1) is 0 Å². The van der Waals surface area contributed by atoms with Crippen LogP contribution in [0, 0.1) is 0 Å². The van der Waals surface area contributed by atoms with Crippen LogP contribution < -0.4 is 10.6 Å². The van der Waals surface area contributed by atoms with Gasteiger partial charge >= 0.3 is 0 Å². The van der Waals surface area contributed by atoms with Gasteiger partial charge in [0.25, 0.3) is 0 Å². The molecule has 0 aromatic heterocycles. The summed E-state index contributed by atoms with van der Waals surface area (Å²) < 4.78 is 0. The molecule has 98 valence electrons. The molecule has 1 aromatic rings. The van der Waals surface area contributed by atoms with Gasteiger partial charge in [0.1, 0.15) is 0 Å². The number of nitrogens with zero attached hydrogens (tertiary/aromatic N) is 2. The summed E-state index contributed by atoms with van der Waals surface area (Å²) in [6, 6.07) is 8.21. The van der Waals surface area contributed by atoms with Crippen LogP contribution in [0.15, 0.2) is 24.3 Å². The molecule has 1 aliphatic rings. The molecule has 1 fully saturated rings. The van der Waals surface area contributed by atoms with Crippen LogP contribution in [0.4, 0.5) is 5.69 Å². The van der Waals surface area contributed by atoms with E-state index in [1.54, 1.807) is 4.90 Å². The Balaban J connectivity index is 2.15. The predicted octanol–water partition coefficient (Wildman–Crippen LogP) is 1.37. The first kappa shape index (κ1) is 13.1. The van der Waals surface area contributed by atoms with Crippen LogP contribution >= 0.6 is 0 Å². The van der Waals surface area contributed by atoms with Gasteiger partial charge in [-0.2, -0.15) is 0 Å². The number of carbonyl (C=O) groups is 1. The van der Waals surface area contributed by atoms with E-state index in [-0.39, 0.29) is 11.9 Å². The minimum Gasteiger partial charge on any atom is -0.320 e. The van der Waals surface area contributed by atoms with Crippen LogP contribution in [0.25, 0.3) is 0 Å². The summed E-state index contributed by atoms with van der Waals surface area (Å²) in [4.78, 5) is 15.8. The lowest BCUT2D eigenvalue weighted by Crippen LogP contribution is -2.33. The number of carbonyl (C=O) groups excluding carboxylic acids is 1. The van der Waals surface area contributed by atoms with Gasteiger partial charge in [-0.05, 0) is 45.1 Å². The van der Waals surface area contributed by atoms with Gasteiger partial charge in [-0.25, -0.2) is 0 Å². The van der Waals surface area contributed by atoms with Crippen molar-refractivity contribution >= 4 is 11.6 Å². The zero-order valence-electron chi connectivity index (χ0n) is 11.3. The number of anilines is 1. The summed E-state index contributed by atoms with van der Waals surface area (Å²) in [6.45, 7) is 2.88. The van der Waals surface area contributed by atoms with Crippen molar-refractivity contribution in [2.75, 3.05) is 25.5 Å². The molecular weight excluding hydrogens is 226 g/mol. The van der Waals surface area contributed by atoms with Gasteiger partial charge in [0.2, 0.25) is 5.91 Å². The van der Waals surface area contributed by atoms with Crippen molar-refractivity contribution < 1.29 is 4.79 Å². The molecule has 4 nitrogen and oxygen atoms in total. The molecule has 1 saturated heterocycles. The van der Waals surface area contributed by atoms with Crippen molar-refractivity contribution in [3.05, 3.63) is 29.8 Å². The van der Waals surface area contributed by atoms with Gasteiger partial charge in [0, 0.05) is 18.3 Å². The molecule has 0 spiro atoms. The van der Waals surface area contributed by atoms with E-state index in [0.29, 0.717) is 6.04 Å². The number of hydrogen-bond acceptors (Lipinski definition) is 3. The molecule has 2 unspecified atom stereocenters. The lowest BCUT2D eigenvalue weighted by molar-refractivity contribution is -0.118. The van der Waals surface area contributed by atoms with E-state index in [9.17, 15) is 4.79 Å². The molecule has 0 saturated carbocycles. The Bertz CT molecular complexity index is 427. The summed E-state index contributed by atoms with van der Waals surface area (Å²) in [7, 11) is 4.11. The second-order valence-corrected chi connectivity index (χ2v) is 5.12. The highest BCUT2D eigenvalue weighted by molar-refractivity contribution is 5.99. The van der Waals surface area contributed by atoms with Crippen molar-refractivity contribution in [3.63, 3.8) is 0 Å². The SMILES string of the molecule is CC(c1ccc(N2CCC(N)C2=O)cc1)N(C)C. The van der Waals surface area contributed by atoms with Crippen LogP contribution in [0.3, 0.4) is 0 Å². The highest BCUT2D eigenvalue weighted by atomic mass is 16.2. The van der Waals surface area contributed by atoms with Crippen LogP contribution in [-0.4, -0.2) is 37.5 Å². The van der Waals surface area contributed by atoms with E-state index < -0.39 is 0 Å². The molecule has 1 aromatic carbocycles. The van der Waals surface area contributed by atoms with Crippen LogP contribution in [0.2, 0.25) is 0 Å². The van der Waals surface area contributed by atoms with E-state index in [0.717, 1.165) is 18.7 Å². The highest BCUT2D eigenvalue weighted by Gasteiger charge is 2.29. The predicted molar refractivity (Wildman–Crippen MR) is 73.5 cm³/mol. The number of hydrogen-bond donors (Lipinski definition) is 1. The van der Waals surface area contributed by atoms with Gasteiger partial charge in [-0.1, -0.05) is 12.1 Å². The van der Waals surface area contributed by atoms with Gasteiger partial charge in [0.15, 0.2) is 0 Å². The highest BCUT2D eigenvalue weighted by Crippen LogP contribution is 2.24. The average Bonchev–Trinajstić information content (AvgIpc) is 2.69. The Morgan fingerprint density at radius 3 is 2.39 bits per heavy atom. The smallest absolute Gasteiger partial charge is 0.243 e. The fraction of sp³-hybridized carbons (Fsp3) is 0.500. The third-order valence-electron chi connectivity index (χ3n) is 3.71. The molecule has 2 N–H and O–H groups in total. The van der Waals surface area contributed by atoms with E-state index in [2.05, 4.69) is 38.1 Å². The maximum atomic E-state index is 11.8. The lowest BCUT2D eigenvalue weighted by Gasteiger charge is -2.21. The maximum absolute atomic E-state index is 11.8. The molecule has 0 bridgehead atoms. The molecule has 2 atom stereocenters. The van der Waals surface area contributed by atoms with Crippen molar-refractivity contribution in [2.24, 2.45) is 5.73 Å². The van der Waals surface area contributed by atoms with Gasteiger partial charge in [-0.3, -0.25) is 4.79 Å². The minimum atomic E-state index is -0.328. The molecule has 2 rings (SSSR count).